The van der Waals surface area contributed by atoms with Gasteiger partial charge >= 0.3 is 5.97 Å². The van der Waals surface area contributed by atoms with Gasteiger partial charge in [-0.25, -0.2) is 9.18 Å². The van der Waals surface area contributed by atoms with E-state index in [2.05, 4.69) is 15.9 Å². The molecule has 14 heavy (non-hydrogen) atoms. The van der Waals surface area contributed by atoms with Gasteiger partial charge in [0.2, 0.25) is 0 Å². The minimum Gasteiger partial charge on any atom is -0.479 e. The molecule has 0 aliphatic heterocycles. The van der Waals surface area contributed by atoms with Gasteiger partial charge in [0, 0.05) is 17.1 Å². The Hall–Kier alpha value is -0.940. The van der Waals surface area contributed by atoms with Gasteiger partial charge < -0.3 is 9.84 Å². The third-order valence-corrected chi connectivity index (χ3v) is 2.42. The van der Waals surface area contributed by atoms with Crippen LogP contribution in [0.4, 0.5) is 4.39 Å². The molecule has 0 radical (unpaired) electrons. The van der Waals surface area contributed by atoms with Gasteiger partial charge in [-0.2, -0.15) is 0 Å². The maximum absolute atomic E-state index is 12.8. The van der Waals surface area contributed by atoms with Crippen LogP contribution in [0.3, 0.4) is 0 Å². The number of carbonyl (C=O) groups is 1. The molecule has 0 aromatic heterocycles. The molecule has 1 aromatic carbocycles. The second-order valence-corrected chi connectivity index (χ2v) is 3.47. The molecule has 0 bridgehead atoms. The summed E-state index contributed by atoms with van der Waals surface area (Å²) in [5.74, 6) is -1.65. The number of methoxy groups -OCH3 is 1. The zero-order chi connectivity index (χ0) is 10.7. The first-order valence-corrected chi connectivity index (χ1v) is 4.56. The molecule has 3 nitrogen and oxygen atoms in total. The highest BCUT2D eigenvalue weighted by Gasteiger charge is 2.21. The Morgan fingerprint density at radius 3 is 2.79 bits per heavy atom. The van der Waals surface area contributed by atoms with E-state index < -0.39 is 17.9 Å². The van der Waals surface area contributed by atoms with Gasteiger partial charge in [-0.05, 0) is 18.2 Å². The molecule has 0 saturated carbocycles. The van der Waals surface area contributed by atoms with Crippen molar-refractivity contribution in [2.24, 2.45) is 0 Å². The topological polar surface area (TPSA) is 46.5 Å². The van der Waals surface area contributed by atoms with Gasteiger partial charge in [0.05, 0.1) is 0 Å². The minimum absolute atomic E-state index is 0.264. The highest BCUT2D eigenvalue weighted by Crippen LogP contribution is 2.26. The summed E-state index contributed by atoms with van der Waals surface area (Å²) in [5.41, 5.74) is 0.264. The zero-order valence-corrected chi connectivity index (χ0v) is 8.92. The summed E-state index contributed by atoms with van der Waals surface area (Å²) >= 11 is 3.13. The van der Waals surface area contributed by atoms with Gasteiger partial charge in [-0.15, -0.1) is 0 Å². The van der Waals surface area contributed by atoms with Crippen LogP contribution in [0.5, 0.6) is 0 Å². The molecular formula is C9H8BrFO3. The fourth-order valence-corrected chi connectivity index (χ4v) is 1.53. The van der Waals surface area contributed by atoms with Gasteiger partial charge in [0.1, 0.15) is 5.82 Å². The van der Waals surface area contributed by atoms with Gasteiger partial charge in [0.25, 0.3) is 0 Å². The van der Waals surface area contributed by atoms with E-state index >= 15 is 0 Å². The predicted octanol–water partition coefficient (Wildman–Crippen LogP) is 2.36. The number of hydrogen-bond donors (Lipinski definition) is 1. The van der Waals surface area contributed by atoms with Gasteiger partial charge in [0.15, 0.2) is 6.10 Å². The summed E-state index contributed by atoms with van der Waals surface area (Å²) in [5, 5.41) is 8.77. The lowest BCUT2D eigenvalue weighted by atomic mass is 10.1. The molecule has 5 heteroatoms. The average molecular weight is 263 g/mol. The zero-order valence-electron chi connectivity index (χ0n) is 7.33. The maximum Gasteiger partial charge on any atom is 0.337 e. The number of ether oxygens (including phenoxy) is 1. The molecule has 0 aliphatic rings. The smallest absolute Gasteiger partial charge is 0.337 e. The summed E-state index contributed by atoms with van der Waals surface area (Å²) in [6.45, 7) is 0. The molecule has 76 valence electrons. The fraction of sp³-hybridized carbons (Fsp3) is 0.222. The van der Waals surface area contributed by atoms with Gasteiger partial charge in [-0.3, -0.25) is 0 Å². The van der Waals surface area contributed by atoms with E-state index in [1.165, 1.54) is 19.2 Å². The lowest BCUT2D eigenvalue weighted by Gasteiger charge is -2.12. The quantitative estimate of drug-likeness (QED) is 0.910. The molecule has 1 N–H and O–H groups in total. The maximum atomic E-state index is 12.8. The van der Waals surface area contributed by atoms with Crippen LogP contribution in [0.2, 0.25) is 0 Å². The van der Waals surface area contributed by atoms with Crippen LogP contribution in [-0.4, -0.2) is 18.2 Å². The Bertz CT molecular complexity index is 354. The summed E-state index contributed by atoms with van der Waals surface area (Å²) in [7, 11) is 1.26. The van der Waals surface area contributed by atoms with Crippen LogP contribution in [0, 0.1) is 5.82 Å². The van der Waals surface area contributed by atoms with E-state index in [1.54, 1.807) is 0 Å². The molecule has 0 spiro atoms. The molecule has 0 aliphatic carbocycles. The number of benzene rings is 1. The van der Waals surface area contributed by atoms with Crippen LogP contribution in [0.1, 0.15) is 11.7 Å². The highest BCUT2D eigenvalue weighted by molar-refractivity contribution is 9.10. The first-order chi connectivity index (χ1) is 6.56. The average Bonchev–Trinajstić information content (AvgIpc) is 2.11. The molecule has 0 saturated heterocycles. The number of hydrogen-bond acceptors (Lipinski definition) is 2. The van der Waals surface area contributed by atoms with E-state index in [0.717, 1.165) is 6.07 Å². The van der Waals surface area contributed by atoms with Crippen LogP contribution in [0.15, 0.2) is 22.7 Å². The van der Waals surface area contributed by atoms with Crippen molar-refractivity contribution < 1.29 is 19.0 Å². The molecular weight excluding hydrogens is 255 g/mol. The predicted molar refractivity (Wildman–Crippen MR) is 51.5 cm³/mol. The summed E-state index contributed by atoms with van der Waals surface area (Å²) in [4.78, 5) is 10.7. The van der Waals surface area contributed by atoms with Crippen LogP contribution < -0.4 is 0 Å². The van der Waals surface area contributed by atoms with Crippen molar-refractivity contribution in [3.8, 4) is 0 Å². The number of rotatable bonds is 3. The van der Waals surface area contributed by atoms with Crippen molar-refractivity contribution in [2.45, 2.75) is 6.10 Å². The van der Waals surface area contributed by atoms with Crippen molar-refractivity contribution in [2.75, 3.05) is 7.11 Å². The lowest BCUT2D eigenvalue weighted by Crippen LogP contribution is -2.14. The third kappa shape index (κ3) is 2.30. The molecule has 1 aromatic rings. The Morgan fingerprint density at radius 1 is 1.64 bits per heavy atom. The molecule has 1 atom stereocenters. The Balaban J connectivity index is 3.15. The Kier molecular flexibility index (Phi) is 3.60. The standard InChI is InChI=1S/C9H8BrFO3/c1-14-8(9(12)13)6-4-5(11)2-3-7(6)10/h2-4,8H,1H3,(H,12,13). The molecule has 0 fully saturated rings. The highest BCUT2D eigenvalue weighted by atomic mass is 79.9. The Labute approximate surface area is 88.6 Å². The van der Waals surface area contributed by atoms with Crippen molar-refractivity contribution in [1.82, 2.24) is 0 Å². The van der Waals surface area contributed by atoms with Crippen molar-refractivity contribution >= 4 is 21.9 Å². The number of carboxylic acid groups (broad SMARTS) is 1. The molecule has 0 heterocycles. The summed E-state index contributed by atoms with van der Waals surface area (Å²) < 4.78 is 18.1. The first-order valence-electron chi connectivity index (χ1n) is 3.77. The molecule has 1 rings (SSSR count). The number of aliphatic carboxylic acids is 1. The normalized spacial score (nSPS) is 12.5. The fourth-order valence-electron chi connectivity index (χ4n) is 1.08. The second kappa shape index (κ2) is 4.52. The second-order valence-electron chi connectivity index (χ2n) is 2.62. The summed E-state index contributed by atoms with van der Waals surface area (Å²) in [6.07, 6.45) is -1.15. The van der Waals surface area contributed by atoms with E-state index in [1.807, 2.05) is 0 Å². The van der Waals surface area contributed by atoms with Gasteiger partial charge in [-0.1, -0.05) is 15.9 Å². The molecule has 0 amide bonds. The van der Waals surface area contributed by atoms with Crippen molar-refractivity contribution in [3.05, 3.63) is 34.1 Å². The minimum atomic E-state index is -1.15. The molecule has 1 unspecified atom stereocenters. The van der Waals surface area contributed by atoms with E-state index in [-0.39, 0.29) is 5.56 Å². The lowest BCUT2D eigenvalue weighted by molar-refractivity contribution is -0.148. The van der Waals surface area contributed by atoms with E-state index in [0.29, 0.717) is 4.47 Å². The van der Waals surface area contributed by atoms with Crippen LogP contribution >= 0.6 is 15.9 Å². The number of carboxylic acids is 1. The summed E-state index contributed by atoms with van der Waals surface area (Å²) in [6, 6.07) is 3.81. The van der Waals surface area contributed by atoms with E-state index in [4.69, 9.17) is 9.84 Å². The number of halogens is 2. The van der Waals surface area contributed by atoms with Crippen LogP contribution in [0.25, 0.3) is 0 Å². The SMILES string of the molecule is COC(C(=O)O)c1cc(F)ccc1Br. The third-order valence-electron chi connectivity index (χ3n) is 1.70. The van der Waals surface area contributed by atoms with Crippen molar-refractivity contribution in [1.29, 1.82) is 0 Å². The monoisotopic (exact) mass is 262 g/mol. The largest absolute Gasteiger partial charge is 0.479 e. The Morgan fingerprint density at radius 2 is 2.29 bits per heavy atom. The van der Waals surface area contributed by atoms with Crippen LogP contribution in [-0.2, 0) is 9.53 Å². The first kappa shape index (κ1) is 11.1. The van der Waals surface area contributed by atoms with Crippen molar-refractivity contribution in [3.63, 3.8) is 0 Å². The van der Waals surface area contributed by atoms with E-state index in [9.17, 15) is 9.18 Å².